The number of piperidine rings is 1. The molecular weight excluding hydrogens is 334 g/mol. The smallest absolute Gasteiger partial charge is 0.136 e. The van der Waals surface area contributed by atoms with Gasteiger partial charge in [-0.15, -0.1) is 0 Å². The predicted molar refractivity (Wildman–Crippen MR) is 115 cm³/mol. The fourth-order valence-corrected chi connectivity index (χ4v) is 3.98. The maximum atomic E-state index is 4.72. The number of hydrogen-bond acceptors (Lipinski definition) is 5. The fraction of sp³-hybridized carbons (Fsp3) is 0.545. The number of benzene rings is 1. The van der Waals surface area contributed by atoms with Gasteiger partial charge in [-0.1, -0.05) is 6.92 Å². The molecule has 0 saturated carbocycles. The normalized spacial score (nSPS) is 17.0. The molecule has 2 aromatic rings. The summed E-state index contributed by atoms with van der Waals surface area (Å²) in [5.74, 6) is 2.74. The van der Waals surface area contributed by atoms with Crippen molar-refractivity contribution < 1.29 is 0 Å². The van der Waals surface area contributed by atoms with Crippen molar-refractivity contribution in [3.8, 4) is 0 Å². The topological polar surface area (TPSA) is 44.3 Å². The molecule has 1 atom stereocenters. The summed E-state index contributed by atoms with van der Waals surface area (Å²) in [6.07, 6.45) is 4.99. The summed E-state index contributed by atoms with van der Waals surface area (Å²) >= 11 is 0. The molecule has 1 unspecified atom stereocenters. The zero-order valence-corrected chi connectivity index (χ0v) is 17.2. The molecule has 1 saturated heterocycles. The molecule has 0 aliphatic carbocycles. The van der Waals surface area contributed by atoms with Crippen molar-refractivity contribution in [1.82, 2.24) is 9.97 Å². The van der Waals surface area contributed by atoms with Crippen molar-refractivity contribution in [2.45, 2.75) is 59.4 Å². The molecule has 1 N–H and O–H groups in total. The van der Waals surface area contributed by atoms with Crippen LogP contribution in [-0.2, 0) is 0 Å². The molecule has 5 nitrogen and oxygen atoms in total. The van der Waals surface area contributed by atoms with Gasteiger partial charge >= 0.3 is 0 Å². The van der Waals surface area contributed by atoms with Crippen LogP contribution in [-0.4, -0.2) is 35.6 Å². The first-order valence-corrected chi connectivity index (χ1v) is 10.4. The summed E-state index contributed by atoms with van der Waals surface area (Å²) in [5, 5.41) is 3.46. The number of aromatic nitrogens is 2. The highest BCUT2D eigenvalue weighted by Crippen LogP contribution is 2.28. The third kappa shape index (κ3) is 4.71. The third-order valence-electron chi connectivity index (χ3n) is 5.49. The van der Waals surface area contributed by atoms with Crippen LogP contribution < -0.4 is 15.1 Å². The molecule has 1 aromatic carbocycles. The van der Waals surface area contributed by atoms with Crippen molar-refractivity contribution in [2.24, 2.45) is 0 Å². The van der Waals surface area contributed by atoms with Gasteiger partial charge in [0, 0.05) is 43.1 Å². The molecule has 0 radical (unpaired) electrons. The zero-order chi connectivity index (χ0) is 19.2. The van der Waals surface area contributed by atoms with E-state index in [4.69, 9.17) is 4.98 Å². The minimum atomic E-state index is 0.592. The van der Waals surface area contributed by atoms with Crippen LogP contribution in [0.2, 0.25) is 0 Å². The van der Waals surface area contributed by atoms with Gasteiger partial charge in [-0.3, -0.25) is 0 Å². The molecule has 1 aromatic heterocycles. The monoisotopic (exact) mass is 367 g/mol. The lowest BCUT2D eigenvalue weighted by Crippen LogP contribution is -2.39. The number of anilines is 4. The van der Waals surface area contributed by atoms with E-state index in [0.717, 1.165) is 42.8 Å². The standard InChI is InChI=1S/C22H33N5/c1-5-19-10-8-9-15-27(19)22-16-21(23-17(4)24-22)25-18-11-13-20(14-12-18)26(6-2)7-3/h11-14,16,19H,5-10,15H2,1-4H3,(H,23,24,25). The van der Waals surface area contributed by atoms with Crippen molar-refractivity contribution in [1.29, 1.82) is 0 Å². The summed E-state index contributed by atoms with van der Waals surface area (Å²) in [5.41, 5.74) is 2.31. The van der Waals surface area contributed by atoms with Gasteiger partial charge in [-0.05, 0) is 70.7 Å². The molecule has 0 amide bonds. The number of rotatable bonds is 7. The molecule has 0 spiro atoms. The van der Waals surface area contributed by atoms with Crippen molar-refractivity contribution in [3.63, 3.8) is 0 Å². The Morgan fingerprint density at radius 1 is 1.07 bits per heavy atom. The second kappa shape index (κ2) is 9.07. The van der Waals surface area contributed by atoms with Crippen molar-refractivity contribution >= 4 is 23.0 Å². The van der Waals surface area contributed by atoms with E-state index >= 15 is 0 Å². The van der Waals surface area contributed by atoms with Crippen LogP contribution >= 0.6 is 0 Å². The van der Waals surface area contributed by atoms with Gasteiger partial charge in [0.25, 0.3) is 0 Å². The van der Waals surface area contributed by atoms with Crippen molar-refractivity contribution in [3.05, 3.63) is 36.2 Å². The van der Waals surface area contributed by atoms with E-state index in [1.54, 1.807) is 0 Å². The van der Waals surface area contributed by atoms with E-state index in [2.05, 4.69) is 71.2 Å². The van der Waals surface area contributed by atoms with Crippen LogP contribution in [0.1, 0.15) is 52.3 Å². The molecular formula is C22H33N5. The van der Waals surface area contributed by atoms with Gasteiger partial charge in [0.2, 0.25) is 0 Å². The minimum Gasteiger partial charge on any atom is -0.372 e. The van der Waals surface area contributed by atoms with E-state index in [1.165, 1.54) is 31.4 Å². The number of hydrogen-bond donors (Lipinski definition) is 1. The lowest BCUT2D eigenvalue weighted by Gasteiger charge is -2.36. The minimum absolute atomic E-state index is 0.592. The van der Waals surface area contributed by atoms with Crippen LogP contribution in [0.5, 0.6) is 0 Å². The Kier molecular flexibility index (Phi) is 6.54. The van der Waals surface area contributed by atoms with Crippen LogP contribution in [0.25, 0.3) is 0 Å². The molecule has 27 heavy (non-hydrogen) atoms. The Balaban J connectivity index is 1.78. The molecule has 146 valence electrons. The number of aryl methyl sites for hydroxylation is 1. The van der Waals surface area contributed by atoms with Crippen LogP contribution in [0.4, 0.5) is 23.0 Å². The summed E-state index contributed by atoms with van der Waals surface area (Å²) < 4.78 is 0. The average Bonchev–Trinajstić information content (AvgIpc) is 2.69. The molecule has 1 aliphatic rings. The molecule has 2 heterocycles. The van der Waals surface area contributed by atoms with Gasteiger partial charge in [-0.25, -0.2) is 9.97 Å². The summed E-state index contributed by atoms with van der Waals surface area (Å²) in [7, 11) is 0. The maximum absolute atomic E-state index is 4.72. The average molecular weight is 368 g/mol. The Morgan fingerprint density at radius 2 is 1.81 bits per heavy atom. The van der Waals surface area contributed by atoms with Gasteiger partial charge in [-0.2, -0.15) is 0 Å². The van der Waals surface area contributed by atoms with E-state index in [9.17, 15) is 0 Å². The highest BCUT2D eigenvalue weighted by molar-refractivity contribution is 5.63. The Bertz CT molecular complexity index is 724. The lowest BCUT2D eigenvalue weighted by atomic mass is 10.00. The van der Waals surface area contributed by atoms with E-state index < -0.39 is 0 Å². The summed E-state index contributed by atoms with van der Waals surface area (Å²) in [6, 6.07) is 11.3. The van der Waals surface area contributed by atoms with E-state index in [0.29, 0.717) is 6.04 Å². The summed E-state index contributed by atoms with van der Waals surface area (Å²) in [6.45, 7) is 11.7. The first-order valence-electron chi connectivity index (χ1n) is 10.4. The van der Waals surface area contributed by atoms with Crippen LogP contribution in [0.3, 0.4) is 0 Å². The Labute approximate surface area is 163 Å². The van der Waals surface area contributed by atoms with Crippen LogP contribution in [0, 0.1) is 6.92 Å². The maximum Gasteiger partial charge on any atom is 0.136 e. The predicted octanol–water partition coefficient (Wildman–Crippen LogP) is 5.14. The van der Waals surface area contributed by atoms with Gasteiger partial charge in [0.05, 0.1) is 0 Å². The van der Waals surface area contributed by atoms with Gasteiger partial charge in [0.1, 0.15) is 17.5 Å². The molecule has 1 fully saturated rings. The van der Waals surface area contributed by atoms with Gasteiger partial charge in [0.15, 0.2) is 0 Å². The molecule has 3 rings (SSSR count). The molecule has 0 bridgehead atoms. The van der Waals surface area contributed by atoms with E-state index in [1.807, 2.05) is 6.92 Å². The zero-order valence-electron chi connectivity index (χ0n) is 17.2. The number of nitrogens with one attached hydrogen (secondary N) is 1. The second-order valence-electron chi connectivity index (χ2n) is 7.25. The first kappa shape index (κ1) is 19.5. The second-order valence-corrected chi connectivity index (χ2v) is 7.25. The number of nitrogens with zero attached hydrogens (tertiary/aromatic N) is 4. The highest BCUT2D eigenvalue weighted by Gasteiger charge is 2.22. The van der Waals surface area contributed by atoms with Gasteiger partial charge < -0.3 is 15.1 Å². The summed E-state index contributed by atoms with van der Waals surface area (Å²) in [4.78, 5) is 14.1. The van der Waals surface area contributed by atoms with E-state index in [-0.39, 0.29) is 0 Å². The quantitative estimate of drug-likeness (QED) is 0.734. The molecule has 1 aliphatic heterocycles. The van der Waals surface area contributed by atoms with Crippen molar-refractivity contribution in [2.75, 3.05) is 34.8 Å². The molecule has 5 heteroatoms. The lowest BCUT2D eigenvalue weighted by molar-refractivity contribution is 0.446. The largest absolute Gasteiger partial charge is 0.372 e. The first-order chi connectivity index (χ1) is 13.1. The van der Waals surface area contributed by atoms with Crippen LogP contribution in [0.15, 0.2) is 30.3 Å². The SMILES string of the molecule is CCC1CCCCN1c1cc(Nc2ccc(N(CC)CC)cc2)nc(C)n1. The highest BCUT2D eigenvalue weighted by atomic mass is 15.2. The Hall–Kier alpha value is -2.30. The Morgan fingerprint density at radius 3 is 2.48 bits per heavy atom. The fourth-order valence-electron chi connectivity index (χ4n) is 3.98. The third-order valence-corrected chi connectivity index (χ3v) is 5.49.